The fourth-order valence-corrected chi connectivity index (χ4v) is 0.829. The van der Waals surface area contributed by atoms with Crippen LogP contribution in [-0.2, 0) is 16.2 Å². The second-order valence-electron chi connectivity index (χ2n) is 2.37. The van der Waals surface area contributed by atoms with Crippen LogP contribution in [0, 0.1) is 0 Å². The van der Waals surface area contributed by atoms with Crippen molar-refractivity contribution < 1.29 is 14.3 Å². The van der Waals surface area contributed by atoms with Gasteiger partial charge < -0.3 is 5.73 Å². The molecule has 0 radical (unpaired) electrons. The molecule has 0 aliphatic rings. The molecule has 0 bridgehead atoms. The quantitative estimate of drug-likeness (QED) is 0.677. The maximum absolute atomic E-state index is 11.3. The summed E-state index contributed by atoms with van der Waals surface area (Å²) in [6.45, 7) is 0. The van der Waals surface area contributed by atoms with E-state index in [0.717, 1.165) is 0 Å². The lowest BCUT2D eigenvalue weighted by atomic mass is 10.1. The van der Waals surface area contributed by atoms with Gasteiger partial charge in [0.15, 0.2) is 0 Å². The van der Waals surface area contributed by atoms with Crippen LogP contribution in [0.1, 0.15) is 5.56 Å². The lowest BCUT2D eigenvalue weighted by Crippen LogP contribution is -2.02. The second-order valence-corrected chi connectivity index (χ2v) is 2.37. The molecule has 4 heteroatoms. The first-order chi connectivity index (χ1) is 5.72. The van der Waals surface area contributed by atoms with Gasteiger partial charge in [-0.2, -0.15) is 0 Å². The van der Waals surface area contributed by atoms with Crippen molar-refractivity contribution in [1.29, 1.82) is 0 Å². The van der Waals surface area contributed by atoms with Gasteiger partial charge in [0.25, 0.3) is 0 Å². The minimum Gasteiger partial charge on any atom is -0.399 e. The summed E-state index contributed by atoms with van der Waals surface area (Å²) >= 11 is 0. The lowest BCUT2D eigenvalue weighted by molar-refractivity contribution is -0.182. The van der Waals surface area contributed by atoms with Crippen molar-refractivity contribution in [3.05, 3.63) is 29.8 Å². The van der Waals surface area contributed by atoms with E-state index in [1.807, 2.05) is 0 Å². The van der Waals surface area contributed by atoms with E-state index in [2.05, 4.69) is 4.94 Å². The minimum absolute atomic E-state index is 0.0726. The molecular formula is C8H8FNO2. The molecular weight excluding hydrogens is 161 g/mol. The number of anilines is 1. The van der Waals surface area contributed by atoms with Crippen molar-refractivity contribution in [2.45, 2.75) is 6.42 Å². The van der Waals surface area contributed by atoms with Gasteiger partial charge in [-0.15, -0.1) is 0 Å². The van der Waals surface area contributed by atoms with Crippen LogP contribution in [-0.4, -0.2) is 5.97 Å². The van der Waals surface area contributed by atoms with E-state index in [9.17, 15) is 9.32 Å². The summed E-state index contributed by atoms with van der Waals surface area (Å²) < 4.78 is 11.3. The van der Waals surface area contributed by atoms with E-state index in [1.165, 1.54) is 0 Å². The van der Waals surface area contributed by atoms with Gasteiger partial charge in [-0.05, 0) is 17.7 Å². The van der Waals surface area contributed by atoms with E-state index in [4.69, 9.17) is 5.73 Å². The Labute approximate surface area is 68.8 Å². The third-order valence-electron chi connectivity index (χ3n) is 1.41. The Morgan fingerprint density at radius 3 is 2.50 bits per heavy atom. The number of benzene rings is 1. The Balaban J connectivity index is 2.64. The molecule has 3 nitrogen and oxygen atoms in total. The number of rotatable bonds is 2. The predicted molar refractivity (Wildman–Crippen MR) is 41.8 cm³/mol. The highest BCUT2D eigenvalue weighted by Gasteiger charge is 2.03. The summed E-state index contributed by atoms with van der Waals surface area (Å²) in [5, 5.41) is 0. The minimum atomic E-state index is -0.903. The maximum Gasteiger partial charge on any atom is 0.353 e. The first kappa shape index (κ1) is 8.52. The molecule has 0 fully saturated rings. The number of hydrogen-bond acceptors (Lipinski definition) is 3. The van der Waals surface area contributed by atoms with Gasteiger partial charge in [0, 0.05) is 10.2 Å². The molecule has 2 N–H and O–H groups in total. The molecule has 0 unspecified atom stereocenters. The summed E-state index contributed by atoms with van der Waals surface area (Å²) in [7, 11) is 0. The van der Waals surface area contributed by atoms with E-state index in [-0.39, 0.29) is 6.42 Å². The molecule has 1 aromatic rings. The highest BCUT2D eigenvalue weighted by atomic mass is 19.3. The predicted octanol–water partition coefficient (Wildman–Crippen LogP) is 1.24. The van der Waals surface area contributed by atoms with Gasteiger partial charge in [0.2, 0.25) is 0 Å². The third kappa shape index (κ3) is 2.23. The molecule has 0 aromatic heterocycles. The number of hydrogen-bond donors (Lipinski definition) is 1. The van der Waals surface area contributed by atoms with Crippen LogP contribution >= 0.6 is 0 Å². The van der Waals surface area contributed by atoms with Crippen LogP contribution in [0.25, 0.3) is 0 Å². The monoisotopic (exact) mass is 169 g/mol. The standard InChI is InChI=1S/C8H8FNO2/c9-12-8(11)5-6-1-3-7(10)4-2-6/h1-4H,5,10H2. The molecule has 0 aliphatic heterocycles. The van der Waals surface area contributed by atoms with Gasteiger partial charge in [-0.1, -0.05) is 12.1 Å². The normalized spacial score (nSPS) is 9.42. The van der Waals surface area contributed by atoms with Crippen molar-refractivity contribution in [2.75, 3.05) is 5.73 Å². The highest BCUT2D eigenvalue weighted by Crippen LogP contribution is 2.06. The summed E-state index contributed by atoms with van der Waals surface area (Å²) in [4.78, 5) is 13.5. The first-order valence-corrected chi connectivity index (χ1v) is 3.38. The number of nitrogens with two attached hydrogens (primary N) is 1. The molecule has 12 heavy (non-hydrogen) atoms. The third-order valence-corrected chi connectivity index (χ3v) is 1.41. The van der Waals surface area contributed by atoms with Crippen LogP contribution in [0.5, 0.6) is 0 Å². The second kappa shape index (κ2) is 3.71. The summed E-state index contributed by atoms with van der Waals surface area (Å²) in [6, 6.07) is 6.57. The summed E-state index contributed by atoms with van der Waals surface area (Å²) in [5.74, 6) is -0.903. The van der Waals surface area contributed by atoms with Crippen molar-refractivity contribution in [3.63, 3.8) is 0 Å². The molecule has 64 valence electrons. The molecule has 0 amide bonds. The Morgan fingerprint density at radius 1 is 1.42 bits per heavy atom. The van der Waals surface area contributed by atoms with E-state index in [0.29, 0.717) is 11.3 Å². The fourth-order valence-electron chi connectivity index (χ4n) is 0.829. The largest absolute Gasteiger partial charge is 0.399 e. The van der Waals surface area contributed by atoms with Crippen molar-refractivity contribution in [1.82, 2.24) is 0 Å². The van der Waals surface area contributed by atoms with Gasteiger partial charge >= 0.3 is 5.97 Å². The molecule has 0 atom stereocenters. The zero-order chi connectivity index (χ0) is 8.97. The van der Waals surface area contributed by atoms with Gasteiger partial charge in [0.05, 0.1) is 6.42 Å². The number of carbonyl (C=O) groups excluding carboxylic acids is 1. The van der Waals surface area contributed by atoms with E-state index in [1.54, 1.807) is 24.3 Å². The maximum atomic E-state index is 11.3. The highest BCUT2D eigenvalue weighted by molar-refractivity contribution is 5.72. The number of nitrogen functional groups attached to an aromatic ring is 1. The molecule has 1 rings (SSSR count). The van der Waals surface area contributed by atoms with Gasteiger partial charge in [-0.3, -0.25) is 4.94 Å². The van der Waals surface area contributed by atoms with Crippen LogP contribution in [0.3, 0.4) is 0 Å². The topological polar surface area (TPSA) is 52.3 Å². The Morgan fingerprint density at radius 2 is 2.00 bits per heavy atom. The molecule has 0 spiro atoms. The first-order valence-electron chi connectivity index (χ1n) is 3.38. The van der Waals surface area contributed by atoms with Gasteiger partial charge in [-0.25, -0.2) is 4.79 Å². The molecule has 1 aromatic carbocycles. The smallest absolute Gasteiger partial charge is 0.353 e. The number of halogens is 1. The van der Waals surface area contributed by atoms with E-state index < -0.39 is 5.97 Å². The van der Waals surface area contributed by atoms with Crippen molar-refractivity contribution >= 4 is 11.7 Å². The lowest BCUT2D eigenvalue weighted by Gasteiger charge is -1.97. The molecule has 0 saturated heterocycles. The Bertz CT molecular complexity index is 271. The number of carbonyl (C=O) groups is 1. The van der Waals surface area contributed by atoms with Crippen molar-refractivity contribution in [2.24, 2.45) is 0 Å². The molecule has 0 saturated carbocycles. The zero-order valence-electron chi connectivity index (χ0n) is 6.29. The SMILES string of the molecule is Nc1ccc(CC(=O)OF)cc1. The molecule has 0 heterocycles. The average molecular weight is 169 g/mol. The van der Waals surface area contributed by atoms with E-state index >= 15 is 0 Å². The Hall–Kier alpha value is -1.58. The zero-order valence-corrected chi connectivity index (χ0v) is 6.29. The van der Waals surface area contributed by atoms with Crippen LogP contribution in [0.4, 0.5) is 10.2 Å². The molecule has 0 aliphatic carbocycles. The summed E-state index contributed by atoms with van der Waals surface area (Å²) in [5.41, 5.74) is 6.68. The van der Waals surface area contributed by atoms with Gasteiger partial charge in [0.1, 0.15) is 0 Å². The van der Waals surface area contributed by atoms with Crippen LogP contribution < -0.4 is 5.73 Å². The van der Waals surface area contributed by atoms with Crippen LogP contribution in [0.15, 0.2) is 24.3 Å². The van der Waals surface area contributed by atoms with Crippen molar-refractivity contribution in [3.8, 4) is 0 Å². The summed E-state index contributed by atoms with van der Waals surface area (Å²) in [6.07, 6.45) is -0.0726. The fraction of sp³-hybridized carbons (Fsp3) is 0.125. The average Bonchev–Trinajstić information content (AvgIpc) is 2.09. The Kier molecular flexibility index (Phi) is 2.63. The van der Waals surface area contributed by atoms with Crippen LogP contribution in [0.2, 0.25) is 0 Å².